The minimum absolute atomic E-state index is 0.457. The van der Waals surface area contributed by atoms with Gasteiger partial charge in [0.2, 0.25) is 5.89 Å². The number of hydrogen-bond acceptors (Lipinski definition) is 4. The third-order valence-corrected chi connectivity index (χ3v) is 3.87. The van der Waals surface area contributed by atoms with Crippen molar-refractivity contribution in [3.05, 3.63) is 46.0 Å². The van der Waals surface area contributed by atoms with Crippen LogP contribution >= 0.6 is 15.9 Å². The van der Waals surface area contributed by atoms with Crippen LogP contribution in [0.1, 0.15) is 30.6 Å². The van der Waals surface area contributed by atoms with Gasteiger partial charge in [-0.1, -0.05) is 39.3 Å². The lowest BCUT2D eigenvalue weighted by Crippen LogP contribution is -2.21. The van der Waals surface area contributed by atoms with Crippen molar-refractivity contribution in [3.63, 3.8) is 0 Å². The van der Waals surface area contributed by atoms with Gasteiger partial charge in [-0.25, -0.2) is 0 Å². The maximum absolute atomic E-state index is 5.27. The van der Waals surface area contributed by atoms with Crippen LogP contribution in [0.15, 0.2) is 33.3 Å². The molecule has 102 valence electrons. The molecule has 19 heavy (non-hydrogen) atoms. The highest BCUT2D eigenvalue weighted by molar-refractivity contribution is 9.10. The molecule has 0 fully saturated rings. The van der Waals surface area contributed by atoms with Crippen molar-refractivity contribution >= 4 is 15.9 Å². The Kier molecular flexibility index (Phi) is 5.10. The van der Waals surface area contributed by atoms with E-state index in [1.807, 2.05) is 25.2 Å². The summed E-state index contributed by atoms with van der Waals surface area (Å²) in [6.45, 7) is 2.14. The lowest BCUT2D eigenvalue weighted by Gasteiger charge is -2.06. The van der Waals surface area contributed by atoms with Gasteiger partial charge in [0.15, 0.2) is 5.82 Å². The second-order valence-corrected chi connectivity index (χ2v) is 5.46. The number of nitrogens with zero attached hydrogens (tertiary/aromatic N) is 2. The van der Waals surface area contributed by atoms with Crippen molar-refractivity contribution in [1.82, 2.24) is 15.5 Å². The van der Waals surface area contributed by atoms with Gasteiger partial charge in [0.1, 0.15) is 0 Å². The van der Waals surface area contributed by atoms with E-state index in [1.165, 1.54) is 5.56 Å². The Morgan fingerprint density at radius 2 is 2.16 bits per heavy atom. The lowest BCUT2D eigenvalue weighted by atomic mass is 10.1. The van der Waals surface area contributed by atoms with Crippen molar-refractivity contribution in [1.29, 1.82) is 0 Å². The Hall–Kier alpha value is -1.20. The van der Waals surface area contributed by atoms with Gasteiger partial charge in [-0.3, -0.25) is 0 Å². The largest absolute Gasteiger partial charge is 0.339 e. The molecule has 2 rings (SSSR count). The summed E-state index contributed by atoms with van der Waals surface area (Å²) in [7, 11) is 1.96. The highest BCUT2D eigenvalue weighted by Crippen LogP contribution is 2.18. The van der Waals surface area contributed by atoms with Gasteiger partial charge in [0.25, 0.3) is 0 Å². The lowest BCUT2D eigenvalue weighted by molar-refractivity contribution is 0.365. The van der Waals surface area contributed by atoms with Crippen LogP contribution in [0.4, 0.5) is 0 Å². The molecular weight excluding hydrogens is 306 g/mol. The van der Waals surface area contributed by atoms with Crippen LogP contribution in [0.5, 0.6) is 0 Å². The first-order valence-electron chi connectivity index (χ1n) is 6.41. The fraction of sp³-hybridized carbons (Fsp3) is 0.429. The van der Waals surface area contributed by atoms with E-state index in [9.17, 15) is 0 Å². The minimum atomic E-state index is 0.457. The van der Waals surface area contributed by atoms with Gasteiger partial charge in [-0.15, -0.1) is 0 Å². The molecule has 0 aliphatic heterocycles. The van der Waals surface area contributed by atoms with Crippen molar-refractivity contribution in [2.75, 3.05) is 7.05 Å². The number of halogens is 1. The van der Waals surface area contributed by atoms with Gasteiger partial charge in [0, 0.05) is 23.4 Å². The molecule has 0 aliphatic rings. The summed E-state index contributed by atoms with van der Waals surface area (Å²) in [5, 5.41) is 7.22. The van der Waals surface area contributed by atoms with E-state index in [-0.39, 0.29) is 0 Å². The first kappa shape index (κ1) is 14.2. The zero-order chi connectivity index (χ0) is 13.7. The minimum Gasteiger partial charge on any atom is -0.339 e. The zero-order valence-corrected chi connectivity index (χ0v) is 12.8. The second-order valence-electron chi connectivity index (χ2n) is 4.60. The summed E-state index contributed by atoms with van der Waals surface area (Å²) >= 11 is 3.53. The molecule has 0 radical (unpaired) electrons. The van der Waals surface area contributed by atoms with E-state index >= 15 is 0 Å². The Morgan fingerprint density at radius 1 is 1.37 bits per heavy atom. The molecule has 1 aromatic heterocycles. The maximum Gasteiger partial charge on any atom is 0.226 e. The quantitative estimate of drug-likeness (QED) is 0.888. The number of rotatable bonds is 6. The number of aryl methyl sites for hydroxylation is 1. The molecular formula is C14H18BrN3O. The molecule has 0 aliphatic carbocycles. The first-order chi connectivity index (χ1) is 9.19. The molecule has 5 heteroatoms. The molecule has 0 saturated heterocycles. The summed E-state index contributed by atoms with van der Waals surface area (Å²) in [4.78, 5) is 4.43. The third kappa shape index (κ3) is 4.14. The standard InChI is InChI=1S/C14H18BrN3O/c1-10(16-2)7-8-14-17-13(18-19-14)9-11-5-3-4-6-12(11)15/h3-6,10,16H,7-9H2,1-2H3. The van der Waals surface area contributed by atoms with Crippen LogP contribution in [0.3, 0.4) is 0 Å². The SMILES string of the molecule is CNC(C)CCc1nc(Cc2ccccc2Br)no1. The Labute approximate surface area is 121 Å². The number of nitrogens with one attached hydrogen (secondary N) is 1. The predicted molar refractivity (Wildman–Crippen MR) is 78.1 cm³/mol. The molecule has 1 N–H and O–H groups in total. The highest BCUT2D eigenvalue weighted by Gasteiger charge is 2.09. The van der Waals surface area contributed by atoms with Gasteiger partial charge >= 0.3 is 0 Å². The van der Waals surface area contributed by atoms with E-state index in [0.717, 1.165) is 23.1 Å². The van der Waals surface area contributed by atoms with E-state index in [2.05, 4.69) is 44.4 Å². The Balaban J connectivity index is 1.96. The second kappa shape index (κ2) is 6.82. The molecule has 2 aromatic rings. The first-order valence-corrected chi connectivity index (χ1v) is 7.20. The molecule has 0 bridgehead atoms. The number of benzene rings is 1. The molecule has 1 heterocycles. The average molecular weight is 324 g/mol. The molecule has 1 atom stereocenters. The van der Waals surface area contributed by atoms with Gasteiger partial charge < -0.3 is 9.84 Å². The van der Waals surface area contributed by atoms with E-state index in [0.29, 0.717) is 18.4 Å². The molecule has 4 nitrogen and oxygen atoms in total. The Bertz CT molecular complexity index is 527. The van der Waals surface area contributed by atoms with Crippen LogP contribution < -0.4 is 5.32 Å². The Morgan fingerprint density at radius 3 is 2.89 bits per heavy atom. The highest BCUT2D eigenvalue weighted by atomic mass is 79.9. The van der Waals surface area contributed by atoms with E-state index in [1.54, 1.807) is 0 Å². The smallest absolute Gasteiger partial charge is 0.226 e. The van der Waals surface area contributed by atoms with Crippen molar-refractivity contribution in [3.8, 4) is 0 Å². The summed E-state index contributed by atoms with van der Waals surface area (Å²) in [6.07, 6.45) is 2.49. The summed E-state index contributed by atoms with van der Waals surface area (Å²) < 4.78 is 6.34. The summed E-state index contributed by atoms with van der Waals surface area (Å²) in [5.74, 6) is 1.45. The van der Waals surface area contributed by atoms with Gasteiger partial charge in [-0.2, -0.15) is 4.98 Å². The van der Waals surface area contributed by atoms with E-state index in [4.69, 9.17) is 4.52 Å². The number of hydrogen-bond donors (Lipinski definition) is 1. The molecule has 0 spiro atoms. The molecule has 1 aromatic carbocycles. The summed E-state index contributed by atoms with van der Waals surface area (Å²) in [6, 6.07) is 8.54. The molecule has 0 saturated carbocycles. The summed E-state index contributed by atoms with van der Waals surface area (Å²) in [5.41, 5.74) is 1.17. The van der Waals surface area contributed by atoms with Gasteiger partial charge in [-0.05, 0) is 32.0 Å². The van der Waals surface area contributed by atoms with Crippen LogP contribution in [-0.2, 0) is 12.8 Å². The third-order valence-electron chi connectivity index (χ3n) is 3.10. The molecule has 0 amide bonds. The van der Waals surface area contributed by atoms with Crippen molar-refractivity contribution in [2.24, 2.45) is 0 Å². The average Bonchev–Trinajstić information content (AvgIpc) is 2.86. The molecule has 1 unspecified atom stereocenters. The van der Waals surface area contributed by atoms with Crippen LogP contribution in [0.25, 0.3) is 0 Å². The fourth-order valence-electron chi connectivity index (χ4n) is 1.76. The van der Waals surface area contributed by atoms with Crippen molar-refractivity contribution < 1.29 is 4.52 Å². The fourth-order valence-corrected chi connectivity index (χ4v) is 2.18. The van der Waals surface area contributed by atoms with Crippen LogP contribution in [0.2, 0.25) is 0 Å². The normalized spacial score (nSPS) is 12.6. The van der Waals surface area contributed by atoms with E-state index < -0.39 is 0 Å². The predicted octanol–water partition coefficient (Wildman–Crippen LogP) is 2.96. The van der Waals surface area contributed by atoms with Crippen LogP contribution in [-0.4, -0.2) is 23.2 Å². The van der Waals surface area contributed by atoms with Crippen LogP contribution in [0, 0.1) is 0 Å². The maximum atomic E-state index is 5.27. The monoisotopic (exact) mass is 323 g/mol. The van der Waals surface area contributed by atoms with Gasteiger partial charge in [0.05, 0.1) is 0 Å². The number of aromatic nitrogens is 2. The topological polar surface area (TPSA) is 51.0 Å². The zero-order valence-electron chi connectivity index (χ0n) is 11.2. The van der Waals surface area contributed by atoms with Crippen molar-refractivity contribution in [2.45, 2.75) is 32.2 Å².